The van der Waals surface area contributed by atoms with Crippen molar-refractivity contribution in [3.05, 3.63) is 0 Å². The third-order valence-electron chi connectivity index (χ3n) is 0. The van der Waals surface area contributed by atoms with E-state index in [2.05, 4.69) is 0 Å². The van der Waals surface area contributed by atoms with Gasteiger partial charge in [-0.25, -0.2) is 0 Å². The Bertz CT molecular complexity index is 73.7. The molecule has 53 valence electrons. The van der Waals surface area contributed by atoms with Gasteiger partial charge in [0.1, 0.15) is 0 Å². The first-order chi connectivity index (χ1) is 3.46. The van der Waals surface area contributed by atoms with Crippen molar-refractivity contribution < 1.29 is 74.7 Å². The Morgan fingerprint density at radius 3 is 0.800 bits per heavy atom. The van der Waals surface area contributed by atoms with E-state index in [4.69, 9.17) is 28.1 Å². The molecule has 0 aliphatic carbocycles. The molecule has 0 aromatic carbocycles. The quantitative estimate of drug-likeness (QED) is 0.381. The zero-order valence-electron chi connectivity index (χ0n) is 4.80. The molecule has 1 radical (unpaired) electrons. The van der Waals surface area contributed by atoms with Gasteiger partial charge in [-0.3, -0.25) is 0 Å². The Labute approximate surface area is 92.5 Å². The predicted octanol–water partition coefficient (Wildman–Crippen LogP) is -8.75. The summed E-state index contributed by atoms with van der Waals surface area (Å²) in [6.07, 6.45) is 0. The van der Waals surface area contributed by atoms with Crippen LogP contribution in [0.1, 0.15) is 0 Å². The summed E-state index contributed by atoms with van der Waals surface area (Å²) in [4.78, 5) is 34.1. The molecule has 0 aromatic heterocycles. The van der Waals surface area contributed by atoms with Crippen LogP contribution in [0.5, 0.6) is 0 Å². The van der Waals surface area contributed by atoms with E-state index in [1.54, 1.807) is 0 Å². The van der Waals surface area contributed by atoms with E-state index in [1.807, 2.05) is 0 Å². The molecule has 0 spiro atoms. The molecule has 10 heteroatoms. The van der Waals surface area contributed by atoms with Gasteiger partial charge in [0.05, 0.1) is 0 Å². The maximum absolute atomic E-state index is 8.52. The molecule has 0 atom stereocenters. The molecule has 10 heavy (non-hydrogen) atoms. The van der Waals surface area contributed by atoms with E-state index in [-0.39, 0.29) is 46.6 Å². The minimum atomic E-state index is -3.63. The molecular formula is FeNaO6Si2. The molecule has 0 aliphatic heterocycles. The molecule has 0 aliphatic rings. The predicted molar refractivity (Wildman–Crippen MR) is 12.9 cm³/mol. The van der Waals surface area contributed by atoms with Crippen molar-refractivity contribution in [2.75, 3.05) is 0 Å². The molecule has 0 saturated carbocycles. The third kappa shape index (κ3) is 927. The fourth-order valence-electron chi connectivity index (χ4n) is 0. The average Bonchev–Trinajstić information content (AvgIpc) is 1.25. The largest absolute Gasteiger partial charge is 3.00 e. The molecule has 0 rings (SSSR count). The Morgan fingerprint density at radius 1 is 0.800 bits per heavy atom. The van der Waals surface area contributed by atoms with Crippen molar-refractivity contribution in [1.82, 2.24) is 0 Å². The molecule has 0 amide bonds. The van der Waals surface area contributed by atoms with E-state index < -0.39 is 18.3 Å². The summed E-state index contributed by atoms with van der Waals surface area (Å²) in [6, 6.07) is 0. The van der Waals surface area contributed by atoms with Gasteiger partial charge in [0, 0.05) is 18.3 Å². The van der Waals surface area contributed by atoms with Crippen LogP contribution in [-0.4, -0.2) is 18.3 Å². The van der Waals surface area contributed by atoms with Gasteiger partial charge in [-0.2, -0.15) is 0 Å². The van der Waals surface area contributed by atoms with Crippen molar-refractivity contribution in [3.63, 3.8) is 0 Å². The van der Waals surface area contributed by atoms with Crippen molar-refractivity contribution in [2.24, 2.45) is 0 Å². The summed E-state index contributed by atoms with van der Waals surface area (Å²) in [7, 11) is -7.26. The first-order valence-electron chi connectivity index (χ1n) is 1.22. The summed E-state index contributed by atoms with van der Waals surface area (Å²) in [5.74, 6) is 0. The Kier molecular flexibility index (Phi) is 36.8. The molecule has 0 unspecified atom stereocenters. The molecule has 0 saturated heterocycles. The maximum atomic E-state index is 8.52. The monoisotopic (exact) mass is 231 g/mol. The van der Waals surface area contributed by atoms with E-state index in [9.17, 15) is 0 Å². The van der Waals surface area contributed by atoms with Gasteiger partial charge in [0.25, 0.3) is 0 Å². The van der Waals surface area contributed by atoms with E-state index in [0.29, 0.717) is 0 Å². The van der Waals surface area contributed by atoms with Gasteiger partial charge >= 0.3 is 46.6 Å². The smallest absolute Gasteiger partial charge is 0.672 e. The standard InChI is InChI=1S/Fe.Na.2O3Si/c;;2*1-4(2)3/q+3;+1;2*-2. The number of hydrogen-bond donors (Lipinski definition) is 0. The molecular weight excluding hydrogens is 231 g/mol. The first kappa shape index (κ1) is 22.4. The van der Waals surface area contributed by atoms with Crippen molar-refractivity contribution in [1.29, 1.82) is 0 Å². The normalized spacial score (nSPS) is 4.80. The Hall–Kier alpha value is 0.753. The van der Waals surface area contributed by atoms with E-state index in [1.165, 1.54) is 0 Å². The summed E-state index contributed by atoms with van der Waals surface area (Å²) in [5, 5.41) is 0. The minimum Gasteiger partial charge on any atom is -0.672 e. The number of hydrogen-bond acceptors (Lipinski definition) is 6. The van der Waals surface area contributed by atoms with Crippen LogP contribution in [0.2, 0.25) is 0 Å². The van der Waals surface area contributed by atoms with Crippen LogP contribution in [0.3, 0.4) is 0 Å². The minimum absolute atomic E-state index is 0. The van der Waals surface area contributed by atoms with Crippen molar-refractivity contribution in [3.8, 4) is 0 Å². The molecule has 0 aromatic rings. The van der Waals surface area contributed by atoms with Crippen LogP contribution in [0.25, 0.3) is 0 Å². The van der Waals surface area contributed by atoms with Crippen molar-refractivity contribution in [2.45, 2.75) is 0 Å². The van der Waals surface area contributed by atoms with E-state index in [0.717, 1.165) is 0 Å². The third-order valence-corrected chi connectivity index (χ3v) is 0. The zero-order valence-corrected chi connectivity index (χ0v) is 9.91. The molecule has 0 N–H and O–H groups in total. The van der Waals surface area contributed by atoms with Crippen LogP contribution in [0, 0.1) is 0 Å². The Balaban J connectivity index is -0.0000000300. The fraction of sp³-hybridized carbons (Fsp3) is 0. The SMILES string of the molecule is O=[Si]([O-])[O-].O=[Si]([O-])[O-].[Fe+3].[Na+]. The molecule has 0 bridgehead atoms. The maximum Gasteiger partial charge on any atom is 3.00 e. The first-order valence-corrected chi connectivity index (χ1v) is 3.67. The van der Waals surface area contributed by atoms with Crippen LogP contribution in [-0.2, 0) is 26.0 Å². The second-order valence-corrected chi connectivity index (χ2v) is 1.50. The molecule has 6 nitrogen and oxygen atoms in total. The van der Waals surface area contributed by atoms with Gasteiger partial charge < -0.3 is 28.1 Å². The van der Waals surface area contributed by atoms with Crippen LogP contribution < -0.4 is 48.7 Å². The van der Waals surface area contributed by atoms with Gasteiger partial charge in [-0.1, -0.05) is 0 Å². The van der Waals surface area contributed by atoms with Gasteiger partial charge in [-0.05, 0) is 0 Å². The Morgan fingerprint density at radius 2 is 0.800 bits per heavy atom. The van der Waals surface area contributed by atoms with Gasteiger partial charge in [0.15, 0.2) is 0 Å². The van der Waals surface area contributed by atoms with Crippen molar-refractivity contribution >= 4 is 18.3 Å². The van der Waals surface area contributed by atoms with Gasteiger partial charge in [-0.15, -0.1) is 0 Å². The average molecular weight is 231 g/mol. The van der Waals surface area contributed by atoms with Crippen LogP contribution in [0.15, 0.2) is 0 Å². The molecule has 0 fully saturated rings. The fourth-order valence-corrected chi connectivity index (χ4v) is 0. The summed E-state index contributed by atoms with van der Waals surface area (Å²) >= 11 is 0. The topological polar surface area (TPSA) is 126 Å². The van der Waals surface area contributed by atoms with E-state index >= 15 is 0 Å². The number of rotatable bonds is 0. The summed E-state index contributed by atoms with van der Waals surface area (Å²) < 4.78 is 17.0. The van der Waals surface area contributed by atoms with Gasteiger partial charge in [0.2, 0.25) is 0 Å². The molecule has 0 heterocycles. The zero-order chi connectivity index (χ0) is 7.15. The van der Waals surface area contributed by atoms with Crippen LogP contribution in [0.4, 0.5) is 0 Å². The second-order valence-electron chi connectivity index (χ2n) is 0.500. The van der Waals surface area contributed by atoms with Crippen LogP contribution >= 0.6 is 0 Å². The summed E-state index contributed by atoms with van der Waals surface area (Å²) in [5.41, 5.74) is 0. The summed E-state index contributed by atoms with van der Waals surface area (Å²) in [6.45, 7) is 0. The second kappa shape index (κ2) is 16.4.